The molecular weight excluding hydrogens is 313 g/mol. The number of rotatable bonds is 4. The number of hydrogen-bond acceptors (Lipinski definition) is 5. The molecule has 0 fully saturated rings. The quantitative estimate of drug-likeness (QED) is 0.901. The molecule has 122 valence electrons. The van der Waals surface area contributed by atoms with E-state index < -0.39 is 18.7 Å². The highest BCUT2D eigenvalue weighted by molar-refractivity contribution is 6.07. The molecule has 9 heteroatoms. The van der Waals surface area contributed by atoms with E-state index in [-0.39, 0.29) is 22.8 Å². The Balaban J connectivity index is 2.18. The zero-order valence-electron chi connectivity index (χ0n) is 12.0. The largest absolute Gasteiger partial charge is 0.482 e. The maximum atomic E-state index is 12.2. The minimum Gasteiger partial charge on any atom is -0.482 e. The van der Waals surface area contributed by atoms with Crippen molar-refractivity contribution in [3.8, 4) is 5.75 Å². The smallest absolute Gasteiger partial charge is 0.422 e. The van der Waals surface area contributed by atoms with Gasteiger partial charge in [0, 0.05) is 6.20 Å². The van der Waals surface area contributed by atoms with Crippen LogP contribution in [-0.4, -0.2) is 28.7 Å². The molecule has 1 amide bonds. The number of aryl methyl sites for hydroxylation is 1. The second-order valence-corrected chi connectivity index (χ2v) is 4.57. The van der Waals surface area contributed by atoms with Crippen molar-refractivity contribution in [3.63, 3.8) is 0 Å². The van der Waals surface area contributed by atoms with E-state index in [1.54, 1.807) is 13.0 Å². The fourth-order valence-corrected chi connectivity index (χ4v) is 1.71. The Morgan fingerprint density at radius 3 is 2.70 bits per heavy atom. The number of carbonyl (C=O) groups excluding carboxylic acids is 1. The van der Waals surface area contributed by atoms with Crippen LogP contribution in [0.2, 0.25) is 0 Å². The van der Waals surface area contributed by atoms with Crippen molar-refractivity contribution in [2.24, 2.45) is 0 Å². The van der Waals surface area contributed by atoms with Gasteiger partial charge in [0.15, 0.2) is 6.61 Å². The summed E-state index contributed by atoms with van der Waals surface area (Å²) in [5, 5.41) is 2.43. The summed E-state index contributed by atoms with van der Waals surface area (Å²) in [7, 11) is 0. The number of amides is 1. The molecule has 0 unspecified atom stereocenters. The molecule has 0 radical (unpaired) electrons. The number of anilines is 2. The fraction of sp³-hybridized carbons (Fsp3) is 0.214. The maximum absolute atomic E-state index is 12.2. The molecule has 0 bridgehead atoms. The van der Waals surface area contributed by atoms with E-state index in [0.717, 1.165) is 0 Å². The van der Waals surface area contributed by atoms with Gasteiger partial charge >= 0.3 is 6.18 Å². The van der Waals surface area contributed by atoms with Crippen LogP contribution >= 0.6 is 0 Å². The molecule has 0 aliphatic rings. The number of benzene rings is 1. The van der Waals surface area contributed by atoms with Gasteiger partial charge in [0.25, 0.3) is 5.91 Å². The van der Waals surface area contributed by atoms with Gasteiger partial charge < -0.3 is 15.8 Å². The molecular formula is C14H13F3N4O2. The summed E-state index contributed by atoms with van der Waals surface area (Å²) in [6.07, 6.45) is -3.24. The van der Waals surface area contributed by atoms with Crippen molar-refractivity contribution in [1.29, 1.82) is 0 Å². The molecule has 0 aliphatic heterocycles. The third-order valence-corrected chi connectivity index (χ3v) is 2.71. The number of halogens is 3. The van der Waals surface area contributed by atoms with E-state index >= 15 is 0 Å². The lowest BCUT2D eigenvalue weighted by molar-refractivity contribution is -0.153. The Hall–Kier alpha value is -2.84. The second-order valence-electron chi connectivity index (χ2n) is 4.57. The maximum Gasteiger partial charge on any atom is 0.422 e. The Morgan fingerprint density at radius 1 is 1.35 bits per heavy atom. The summed E-state index contributed by atoms with van der Waals surface area (Å²) in [4.78, 5) is 19.9. The Kier molecular flexibility index (Phi) is 4.68. The van der Waals surface area contributed by atoms with Gasteiger partial charge in [0.1, 0.15) is 23.0 Å². The standard InChI is InChI=1S/C14H13F3N4O2/c1-8-19-6-9(12(18)20-8)13(22)21-10-4-2-3-5-11(10)23-7-14(15,16)17/h2-6H,7H2,1H3,(H,21,22)(H2,18,19,20). The van der Waals surface area contributed by atoms with Crippen molar-refractivity contribution in [2.75, 3.05) is 17.7 Å². The van der Waals surface area contributed by atoms with Crippen molar-refractivity contribution < 1.29 is 22.7 Å². The van der Waals surface area contributed by atoms with E-state index in [0.29, 0.717) is 5.82 Å². The van der Waals surface area contributed by atoms with E-state index in [1.165, 1.54) is 24.4 Å². The summed E-state index contributed by atoms with van der Waals surface area (Å²) in [5.74, 6) is -0.382. The number of nitrogens with two attached hydrogens (primary N) is 1. The average Bonchev–Trinajstić information content (AvgIpc) is 2.45. The average molecular weight is 326 g/mol. The molecule has 0 spiro atoms. The lowest BCUT2D eigenvalue weighted by atomic mass is 10.2. The molecule has 6 nitrogen and oxygen atoms in total. The summed E-state index contributed by atoms with van der Waals surface area (Å²) < 4.78 is 41.4. The number of carbonyl (C=O) groups is 1. The predicted octanol–water partition coefficient (Wildman–Crippen LogP) is 2.56. The van der Waals surface area contributed by atoms with Crippen LogP contribution in [0.1, 0.15) is 16.2 Å². The van der Waals surface area contributed by atoms with Crippen LogP contribution in [-0.2, 0) is 0 Å². The van der Waals surface area contributed by atoms with Crippen LogP contribution in [0.15, 0.2) is 30.5 Å². The summed E-state index contributed by atoms with van der Waals surface area (Å²) in [6, 6.07) is 5.76. The van der Waals surface area contributed by atoms with Crippen molar-refractivity contribution in [2.45, 2.75) is 13.1 Å². The van der Waals surface area contributed by atoms with Crippen LogP contribution in [0.25, 0.3) is 0 Å². The summed E-state index contributed by atoms with van der Waals surface area (Å²) >= 11 is 0. The second kappa shape index (κ2) is 6.51. The van der Waals surface area contributed by atoms with E-state index in [9.17, 15) is 18.0 Å². The first kappa shape index (κ1) is 16.5. The van der Waals surface area contributed by atoms with Crippen molar-refractivity contribution in [3.05, 3.63) is 41.9 Å². The minimum absolute atomic E-state index is 0.0150. The number of aromatic nitrogens is 2. The molecule has 0 atom stereocenters. The molecule has 0 saturated carbocycles. The zero-order chi connectivity index (χ0) is 17.0. The number of hydrogen-bond donors (Lipinski definition) is 2. The first-order valence-electron chi connectivity index (χ1n) is 6.45. The normalized spacial score (nSPS) is 11.1. The number of nitrogen functional groups attached to an aromatic ring is 1. The highest BCUT2D eigenvalue weighted by Gasteiger charge is 2.29. The van der Waals surface area contributed by atoms with Gasteiger partial charge in [-0.25, -0.2) is 9.97 Å². The van der Waals surface area contributed by atoms with Crippen molar-refractivity contribution in [1.82, 2.24) is 9.97 Å². The van der Waals surface area contributed by atoms with Crippen LogP contribution in [0.3, 0.4) is 0 Å². The van der Waals surface area contributed by atoms with Gasteiger partial charge in [-0.1, -0.05) is 12.1 Å². The predicted molar refractivity (Wildman–Crippen MR) is 77.1 cm³/mol. The number of para-hydroxylation sites is 2. The first-order chi connectivity index (χ1) is 10.8. The molecule has 23 heavy (non-hydrogen) atoms. The van der Waals surface area contributed by atoms with E-state index in [1.807, 2.05) is 0 Å². The lowest BCUT2D eigenvalue weighted by Crippen LogP contribution is -2.21. The molecule has 1 aromatic carbocycles. The Morgan fingerprint density at radius 2 is 2.04 bits per heavy atom. The highest BCUT2D eigenvalue weighted by atomic mass is 19.4. The number of ether oxygens (including phenoxy) is 1. The number of nitrogens with zero attached hydrogens (tertiary/aromatic N) is 2. The SMILES string of the molecule is Cc1ncc(C(=O)Nc2ccccc2OCC(F)(F)F)c(N)n1. The molecule has 2 aromatic rings. The Bertz CT molecular complexity index is 719. The van der Waals surface area contributed by atoms with Gasteiger partial charge in [0.05, 0.1) is 5.69 Å². The van der Waals surface area contributed by atoms with Crippen LogP contribution in [0.4, 0.5) is 24.7 Å². The van der Waals surface area contributed by atoms with Crippen LogP contribution < -0.4 is 15.8 Å². The van der Waals surface area contributed by atoms with Crippen LogP contribution in [0, 0.1) is 6.92 Å². The molecule has 1 heterocycles. The summed E-state index contributed by atoms with van der Waals surface area (Å²) in [5.41, 5.74) is 5.74. The van der Waals surface area contributed by atoms with E-state index in [4.69, 9.17) is 5.73 Å². The first-order valence-corrected chi connectivity index (χ1v) is 6.45. The monoisotopic (exact) mass is 326 g/mol. The molecule has 1 aromatic heterocycles. The minimum atomic E-state index is -4.48. The van der Waals surface area contributed by atoms with Crippen molar-refractivity contribution >= 4 is 17.4 Å². The fourth-order valence-electron chi connectivity index (χ4n) is 1.71. The van der Waals surface area contributed by atoms with Crippen LogP contribution in [0.5, 0.6) is 5.75 Å². The topological polar surface area (TPSA) is 90.1 Å². The summed E-state index contributed by atoms with van der Waals surface area (Å²) in [6.45, 7) is 0.147. The third-order valence-electron chi connectivity index (χ3n) is 2.71. The highest BCUT2D eigenvalue weighted by Crippen LogP contribution is 2.27. The Labute approximate surface area is 129 Å². The van der Waals surface area contributed by atoms with Gasteiger partial charge in [0.2, 0.25) is 0 Å². The lowest BCUT2D eigenvalue weighted by Gasteiger charge is -2.14. The molecule has 2 rings (SSSR count). The number of nitrogens with one attached hydrogen (secondary N) is 1. The third kappa shape index (κ3) is 4.56. The van der Waals surface area contributed by atoms with Gasteiger partial charge in [-0.2, -0.15) is 13.2 Å². The number of alkyl halides is 3. The van der Waals surface area contributed by atoms with E-state index in [2.05, 4.69) is 20.0 Å². The zero-order valence-corrected chi connectivity index (χ0v) is 12.0. The molecule has 0 aliphatic carbocycles. The van der Waals surface area contributed by atoms with Gasteiger partial charge in [-0.15, -0.1) is 0 Å². The van der Waals surface area contributed by atoms with Gasteiger partial charge in [-0.05, 0) is 19.1 Å². The molecule has 3 N–H and O–H groups in total. The van der Waals surface area contributed by atoms with Gasteiger partial charge in [-0.3, -0.25) is 4.79 Å². The molecule has 0 saturated heterocycles.